The van der Waals surface area contributed by atoms with Crippen LogP contribution in [0.25, 0.3) is 60.2 Å². The quantitative estimate of drug-likeness (QED) is 0.215. The smallest absolute Gasteiger partial charge is 0.0582 e. The maximum atomic E-state index is 2.49. The Morgan fingerprint density at radius 2 is 1.17 bits per heavy atom. The van der Waals surface area contributed by atoms with E-state index in [9.17, 15) is 0 Å². The minimum Gasteiger partial charge on any atom is -0.309 e. The van der Waals surface area contributed by atoms with Crippen LogP contribution in [0.2, 0.25) is 0 Å². The van der Waals surface area contributed by atoms with Crippen LogP contribution in [0.4, 0.5) is 0 Å². The minimum absolute atomic E-state index is 0.115. The molecule has 6 aromatic carbocycles. The van der Waals surface area contributed by atoms with Gasteiger partial charge in [0.2, 0.25) is 0 Å². The highest BCUT2D eigenvalue weighted by Gasteiger charge is 2.35. The fourth-order valence-electron chi connectivity index (χ4n) is 6.63. The lowest BCUT2D eigenvalue weighted by Crippen LogP contribution is -2.26. The summed E-state index contributed by atoms with van der Waals surface area (Å²) in [5, 5.41) is 7.84. The Labute approximate surface area is 210 Å². The van der Waals surface area contributed by atoms with E-state index in [2.05, 4.69) is 134 Å². The highest BCUT2D eigenvalue weighted by molar-refractivity contribution is 6.14. The highest BCUT2D eigenvalue weighted by Crippen LogP contribution is 2.49. The van der Waals surface area contributed by atoms with Crippen LogP contribution in [0.15, 0.2) is 115 Å². The van der Waals surface area contributed by atoms with Crippen LogP contribution in [0, 0.1) is 0 Å². The van der Waals surface area contributed by atoms with Crippen molar-refractivity contribution in [1.29, 1.82) is 0 Å². The van der Waals surface area contributed by atoms with Gasteiger partial charge in [-0.1, -0.05) is 105 Å². The van der Waals surface area contributed by atoms with Gasteiger partial charge in [0.05, 0.1) is 16.7 Å². The van der Waals surface area contributed by atoms with Crippen molar-refractivity contribution in [2.75, 3.05) is 0 Å². The van der Waals surface area contributed by atoms with Gasteiger partial charge in [-0.2, -0.15) is 0 Å². The Hall–Kier alpha value is -4.36. The van der Waals surface area contributed by atoms with Crippen molar-refractivity contribution in [3.8, 4) is 16.8 Å². The second-order valence-electron chi connectivity index (χ2n) is 10.6. The molecular weight excluding hydrogens is 434 g/mol. The van der Waals surface area contributed by atoms with Crippen molar-refractivity contribution in [2.24, 2.45) is 0 Å². The van der Waals surface area contributed by atoms with E-state index in [1.807, 2.05) is 0 Å². The third-order valence-corrected chi connectivity index (χ3v) is 8.34. The maximum Gasteiger partial charge on any atom is 0.0582 e. The standard InChI is InChI=1S/C35H25N/c1-35(2)29-16-9-15-28-27-14-7-8-17-31(27)36(34(28)29)32-19-18-24(21-30(32)35)33-25-12-5-3-10-22(25)20-23-11-4-6-13-26(23)33/h3-21H,1-2H3. The third kappa shape index (κ3) is 2.45. The van der Waals surface area contributed by atoms with E-state index >= 15 is 0 Å². The van der Waals surface area contributed by atoms with E-state index in [0.717, 1.165) is 0 Å². The maximum absolute atomic E-state index is 2.49. The Balaban J connectivity index is 1.50. The van der Waals surface area contributed by atoms with E-state index in [4.69, 9.17) is 0 Å². The topological polar surface area (TPSA) is 4.93 Å². The van der Waals surface area contributed by atoms with Gasteiger partial charge in [0.25, 0.3) is 0 Å². The molecule has 1 aliphatic rings. The molecule has 0 N–H and O–H groups in total. The SMILES string of the molecule is CC1(C)c2cc(-c3c4ccccc4cc4ccccc34)ccc2-n2c3ccccc3c3cccc1c32. The summed E-state index contributed by atoms with van der Waals surface area (Å²) in [7, 11) is 0. The van der Waals surface area contributed by atoms with Gasteiger partial charge in [-0.25, -0.2) is 0 Å². The molecule has 0 atom stereocenters. The molecule has 0 fully saturated rings. The zero-order valence-electron chi connectivity index (χ0n) is 20.4. The average molecular weight is 460 g/mol. The summed E-state index contributed by atoms with van der Waals surface area (Å²) >= 11 is 0. The van der Waals surface area contributed by atoms with Crippen molar-refractivity contribution < 1.29 is 0 Å². The molecule has 0 saturated carbocycles. The largest absolute Gasteiger partial charge is 0.309 e. The summed E-state index contributed by atoms with van der Waals surface area (Å²) in [4.78, 5) is 0. The number of aromatic nitrogens is 1. The van der Waals surface area contributed by atoms with E-state index in [-0.39, 0.29) is 5.41 Å². The van der Waals surface area contributed by atoms with Crippen molar-refractivity contribution in [2.45, 2.75) is 19.3 Å². The van der Waals surface area contributed by atoms with Crippen LogP contribution in [0.3, 0.4) is 0 Å². The molecule has 8 rings (SSSR count). The fraction of sp³-hybridized carbons (Fsp3) is 0.0857. The summed E-state index contributed by atoms with van der Waals surface area (Å²) in [5.74, 6) is 0. The molecule has 0 aliphatic carbocycles. The molecule has 36 heavy (non-hydrogen) atoms. The molecule has 0 amide bonds. The molecule has 1 nitrogen and oxygen atoms in total. The molecule has 1 aromatic heterocycles. The zero-order valence-corrected chi connectivity index (χ0v) is 20.4. The van der Waals surface area contributed by atoms with Crippen LogP contribution in [-0.2, 0) is 5.41 Å². The molecule has 0 saturated heterocycles. The normalized spacial score (nSPS) is 14.1. The number of benzene rings is 6. The molecule has 0 spiro atoms. The number of fused-ring (bicyclic) bond motifs is 7. The number of rotatable bonds is 1. The molecule has 1 aliphatic heterocycles. The summed E-state index contributed by atoms with van der Waals surface area (Å²) in [6.45, 7) is 4.76. The Bertz CT molecular complexity index is 1960. The Morgan fingerprint density at radius 3 is 1.92 bits per heavy atom. The first kappa shape index (κ1) is 19.9. The molecule has 1 heteroatoms. The van der Waals surface area contributed by atoms with Crippen LogP contribution >= 0.6 is 0 Å². The first-order chi connectivity index (χ1) is 17.6. The Morgan fingerprint density at radius 1 is 0.528 bits per heavy atom. The van der Waals surface area contributed by atoms with Gasteiger partial charge < -0.3 is 4.57 Å². The van der Waals surface area contributed by atoms with Gasteiger partial charge in [-0.3, -0.25) is 0 Å². The molecule has 2 heterocycles. The lowest BCUT2D eigenvalue weighted by molar-refractivity contribution is 0.630. The second-order valence-corrected chi connectivity index (χ2v) is 10.6. The highest BCUT2D eigenvalue weighted by atomic mass is 15.0. The van der Waals surface area contributed by atoms with Crippen LogP contribution in [0.1, 0.15) is 25.0 Å². The van der Waals surface area contributed by atoms with Gasteiger partial charge in [0.1, 0.15) is 0 Å². The van der Waals surface area contributed by atoms with Crippen LogP contribution in [0.5, 0.6) is 0 Å². The molecule has 0 unspecified atom stereocenters. The van der Waals surface area contributed by atoms with Gasteiger partial charge in [0.15, 0.2) is 0 Å². The van der Waals surface area contributed by atoms with Gasteiger partial charge in [-0.15, -0.1) is 0 Å². The summed E-state index contributed by atoms with van der Waals surface area (Å²) in [6.07, 6.45) is 0. The summed E-state index contributed by atoms with van der Waals surface area (Å²) in [5.41, 5.74) is 9.17. The van der Waals surface area contributed by atoms with Crippen LogP contribution in [-0.4, -0.2) is 4.57 Å². The Kier molecular flexibility index (Phi) is 3.79. The van der Waals surface area contributed by atoms with Crippen LogP contribution < -0.4 is 0 Å². The van der Waals surface area contributed by atoms with Crippen molar-refractivity contribution in [3.05, 3.63) is 126 Å². The predicted octanol–water partition coefficient (Wildman–Crippen LogP) is 9.40. The lowest BCUT2D eigenvalue weighted by Gasteiger charge is -2.35. The van der Waals surface area contributed by atoms with Crippen molar-refractivity contribution in [1.82, 2.24) is 4.57 Å². The zero-order chi connectivity index (χ0) is 24.0. The number of hydrogen-bond donors (Lipinski definition) is 0. The van der Waals surface area contributed by atoms with Gasteiger partial charge >= 0.3 is 0 Å². The molecule has 0 bridgehead atoms. The molecular formula is C35H25N. The number of para-hydroxylation sites is 2. The predicted molar refractivity (Wildman–Crippen MR) is 153 cm³/mol. The van der Waals surface area contributed by atoms with Gasteiger partial charge in [-0.05, 0) is 68.1 Å². The fourth-order valence-corrected chi connectivity index (χ4v) is 6.63. The summed E-state index contributed by atoms with van der Waals surface area (Å²) < 4.78 is 2.49. The minimum atomic E-state index is -0.115. The molecule has 0 radical (unpaired) electrons. The lowest BCUT2D eigenvalue weighted by atomic mass is 9.73. The first-order valence-corrected chi connectivity index (χ1v) is 12.7. The second kappa shape index (κ2) is 6.86. The van der Waals surface area contributed by atoms with Crippen molar-refractivity contribution >= 4 is 43.4 Å². The van der Waals surface area contributed by atoms with Gasteiger partial charge in [0, 0.05) is 16.2 Å². The van der Waals surface area contributed by atoms with E-state index in [1.54, 1.807) is 0 Å². The number of nitrogens with zero attached hydrogens (tertiary/aromatic N) is 1. The van der Waals surface area contributed by atoms with E-state index in [1.165, 1.54) is 71.3 Å². The summed E-state index contributed by atoms with van der Waals surface area (Å²) in [6, 6.07) is 42.7. The van der Waals surface area contributed by atoms with E-state index in [0.29, 0.717) is 0 Å². The van der Waals surface area contributed by atoms with E-state index < -0.39 is 0 Å². The monoisotopic (exact) mass is 459 g/mol. The number of hydrogen-bond acceptors (Lipinski definition) is 0. The molecule has 170 valence electrons. The average Bonchev–Trinajstić information content (AvgIpc) is 3.25. The van der Waals surface area contributed by atoms with Crippen molar-refractivity contribution in [3.63, 3.8) is 0 Å². The first-order valence-electron chi connectivity index (χ1n) is 12.7. The molecule has 7 aromatic rings. The third-order valence-electron chi connectivity index (χ3n) is 8.34.